The minimum atomic E-state index is -0.525. The second kappa shape index (κ2) is 8.85. The highest BCUT2D eigenvalue weighted by Crippen LogP contribution is 2.18. The van der Waals surface area contributed by atoms with Crippen molar-refractivity contribution in [1.82, 2.24) is 20.4 Å². The fourth-order valence-corrected chi connectivity index (χ4v) is 3.41. The molecule has 2 fully saturated rings. The van der Waals surface area contributed by atoms with Gasteiger partial charge in [-0.1, -0.05) is 12.1 Å². The fourth-order valence-electron chi connectivity index (χ4n) is 3.41. The molecular formula is C19H26N4O4. The Labute approximate surface area is 158 Å². The Balaban J connectivity index is 1.64. The summed E-state index contributed by atoms with van der Waals surface area (Å²) in [4.78, 5) is 40.0. The van der Waals surface area contributed by atoms with E-state index < -0.39 is 6.04 Å². The molecule has 0 aliphatic carbocycles. The molecule has 8 nitrogen and oxygen atoms in total. The van der Waals surface area contributed by atoms with Crippen LogP contribution in [-0.4, -0.2) is 72.9 Å². The molecule has 2 heterocycles. The Morgan fingerprint density at radius 2 is 1.89 bits per heavy atom. The normalized spacial score (nSPS) is 20.8. The Morgan fingerprint density at radius 3 is 2.59 bits per heavy atom. The smallest absolute Gasteiger partial charge is 0.239 e. The number of carbonyl (C=O) groups excluding carboxylic acids is 3. The predicted octanol–water partition coefficient (Wildman–Crippen LogP) is -0.266. The van der Waals surface area contributed by atoms with Crippen molar-refractivity contribution >= 4 is 17.7 Å². The van der Waals surface area contributed by atoms with Crippen LogP contribution in [0.1, 0.15) is 18.9 Å². The molecule has 3 amide bonds. The third kappa shape index (κ3) is 4.97. The molecule has 146 valence electrons. The second-order valence-electron chi connectivity index (χ2n) is 6.72. The van der Waals surface area contributed by atoms with Gasteiger partial charge in [-0.3, -0.25) is 19.3 Å². The molecule has 2 aliphatic rings. The summed E-state index contributed by atoms with van der Waals surface area (Å²) < 4.78 is 5.46. The summed E-state index contributed by atoms with van der Waals surface area (Å²) in [7, 11) is 0. The van der Waals surface area contributed by atoms with Crippen molar-refractivity contribution < 1.29 is 19.1 Å². The summed E-state index contributed by atoms with van der Waals surface area (Å²) in [6.07, 6.45) is 0.0795. The van der Waals surface area contributed by atoms with Crippen LogP contribution in [0.15, 0.2) is 24.3 Å². The van der Waals surface area contributed by atoms with Crippen LogP contribution in [0.4, 0.5) is 0 Å². The Bertz CT molecular complexity index is 691. The zero-order valence-corrected chi connectivity index (χ0v) is 15.6. The van der Waals surface area contributed by atoms with E-state index in [1.807, 2.05) is 36.1 Å². The van der Waals surface area contributed by atoms with Gasteiger partial charge in [-0.2, -0.15) is 0 Å². The monoisotopic (exact) mass is 374 g/mol. The summed E-state index contributed by atoms with van der Waals surface area (Å²) in [5, 5.41) is 5.54. The third-order valence-corrected chi connectivity index (χ3v) is 4.82. The van der Waals surface area contributed by atoms with E-state index in [1.54, 1.807) is 0 Å². The molecule has 2 saturated heterocycles. The van der Waals surface area contributed by atoms with Crippen molar-refractivity contribution in [2.45, 2.75) is 25.9 Å². The van der Waals surface area contributed by atoms with Gasteiger partial charge in [-0.15, -0.1) is 0 Å². The highest BCUT2D eigenvalue weighted by molar-refractivity contribution is 5.91. The zero-order valence-electron chi connectivity index (χ0n) is 15.6. The average Bonchev–Trinajstić information content (AvgIpc) is 2.66. The van der Waals surface area contributed by atoms with Crippen molar-refractivity contribution in [3.8, 4) is 5.75 Å². The number of hydrogen-bond donors (Lipinski definition) is 2. The molecule has 3 rings (SSSR count). The maximum absolute atomic E-state index is 12.6. The summed E-state index contributed by atoms with van der Waals surface area (Å²) in [5.41, 5.74) is 1.06. The van der Waals surface area contributed by atoms with Crippen LogP contribution < -0.4 is 15.4 Å². The van der Waals surface area contributed by atoms with Crippen molar-refractivity contribution in [2.75, 3.05) is 39.3 Å². The number of nitrogens with one attached hydrogen (secondary N) is 2. The lowest BCUT2D eigenvalue weighted by atomic mass is 10.1. The molecule has 27 heavy (non-hydrogen) atoms. The van der Waals surface area contributed by atoms with Crippen LogP contribution in [0.5, 0.6) is 5.75 Å². The van der Waals surface area contributed by atoms with Crippen LogP contribution in [-0.2, 0) is 20.9 Å². The van der Waals surface area contributed by atoms with Crippen molar-refractivity contribution in [2.24, 2.45) is 0 Å². The van der Waals surface area contributed by atoms with E-state index >= 15 is 0 Å². The van der Waals surface area contributed by atoms with E-state index in [-0.39, 0.29) is 30.7 Å². The number of amides is 3. The maximum atomic E-state index is 12.6. The van der Waals surface area contributed by atoms with E-state index in [0.717, 1.165) is 11.3 Å². The minimum absolute atomic E-state index is 0.0616. The van der Waals surface area contributed by atoms with Gasteiger partial charge in [0.25, 0.3) is 0 Å². The SMILES string of the molecule is CCOc1ccc(CN2CCNC(=O)C2CC(=O)N2CCNC(=O)C2)cc1. The summed E-state index contributed by atoms with van der Waals surface area (Å²) >= 11 is 0. The first kappa shape index (κ1) is 19.2. The molecule has 1 atom stereocenters. The van der Waals surface area contributed by atoms with E-state index in [9.17, 15) is 14.4 Å². The van der Waals surface area contributed by atoms with Crippen molar-refractivity contribution in [3.63, 3.8) is 0 Å². The number of rotatable bonds is 6. The first-order valence-electron chi connectivity index (χ1n) is 9.35. The Morgan fingerprint density at radius 1 is 1.15 bits per heavy atom. The lowest BCUT2D eigenvalue weighted by Crippen LogP contribution is -2.57. The number of benzene rings is 1. The van der Waals surface area contributed by atoms with Crippen molar-refractivity contribution in [3.05, 3.63) is 29.8 Å². The number of piperazine rings is 2. The molecule has 0 spiro atoms. The van der Waals surface area contributed by atoms with Crippen LogP contribution >= 0.6 is 0 Å². The van der Waals surface area contributed by atoms with Gasteiger partial charge in [0, 0.05) is 32.7 Å². The van der Waals surface area contributed by atoms with Gasteiger partial charge >= 0.3 is 0 Å². The van der Waals surface area contributed by atoms with Crippen LogP contribution in [0.25, 0.3) is 0 Å². The quantitative estimate of drug-likeness (QED) is 0.716. The first-order chi connectivity index (χ1) is 13.1. The van der Waals surface area contributed by atoms with E-state index in [4.69, 9.17) is 4.74 Å². The average molecular weight is 374 g/mol. The van der Waals surface area contributed by atoms with E-state index in [1.165, 1.54) is 4.90 Å². The van der Waals surface area contributed by atoms with Gasteiger partial charge in [-0.25, -0.2) is 0 Å². The lowest BCUT2D eigenvalue weighted by Gasteiger charge is -2.36. The largest absolute Gasteiger partial charge is 0.494 e. The van der Waals surface area contributed by atoms with Gasteiger partial charge < -0.3 is 20.3 Å². The highest BCUT2D eigenvalue weighted by Gasteiger charge is 2.33. The summed E-state index contributed by atoms with van der Waals surface area (Å²) in [6, 6.07) is 7.25. The van der Waals surface area contributed by atoms with E-state index in [0.29, 0.717) is 39.3 Å². The van der Waals surface area contributed by atoms with Gasteiger partial charge in [0.05, 0.1) is 25.6 Å². The van der Waals surface area contributed by atoms with E-state index in [2.05, 4.69) is 10.6 Å². The second-order valence-corrected chi connectivity index (χ2v) is 6.72. The molecule has 8 heteroatoms. The van der Waals surface area contributed by atoms with Crippen molar-refractivity contribution in [1.29, 1.82) is 0 Å². The molecular weight excluding hydrogens is 348 g/mol. The first-order valence-corrected chi connectivity index (χ1v) is 9.35. The Kier molecular flexibility index (Phi) is 6.28. The predicted molar refractivity (Wildman–Crippen MR) is 99.0 cm³/mol. The van der Waals surface area contributed by atoms with Crippen LogP contribution in [0.2, 0.25) is 0 Å². The molecule has 2 N–H and O–H groups in total. The molecule has 1 aromatic rings. The molecule has 0 saturated carbocycles. The molecule has 2 aliphatic heterocycles. The van der Waals surface area contributed by atoms with Crippen LogP contribution in [0, 0.1) is 0 Å². The zero-order chi connectivity index (χ0) is 19.2. The summed E-state index contributed by atoms with van der Waals surface area (Å²) in [6.45, 7) is 5.38. The lowest BCUT2D eigenvalue weighted by molar-refractivity contribution is -0.142. The molecule has 0 radical (unpaired) electrons. The third-order valence-electron chi connectivity index (χ3n) is 4.82. The topological polar surface area (TPSA) is 91.0 Å². The fraction of sp³-hybridized carbons (Fsp3) is 0.526. The molecule has 0 aromatic heterocycles. The number of hydrogen-bond acceptors (Lipinski definition) is 5. The van der Waals surface area contributed by atoms with Crippen LogP contribution in [0.3, 0.4) is 0 Å². The van der Waals surface area contributed by atoms with Gasteiger partial charge in [0.2, 0.25) is 17.7 Å². The van der Waals surface area contributed by atoms with Gasteiger partial charge in [0.15, 0.2) is 0 Å². The molecule has 1 unspecified atom stereocenters. The molecule has 1 aromatic carbocycles. The minimum Gasteiger partial charge on any atom is -0.494 e. The van der Waals surface area contributed by atoms with Gasteiger partial charge in [-0.05, 0) is 24.6 Å². The highest BCUT2D eigenvalue weighted by atomic mass is 16.5. The number of nitrogens with zero attached hydrogens (tertiary/aromatic N) is 2. The standard InChI is InChI=1S/C19H26N4O4/c1-2-27-15-5-3-14(4-6-15)12-22-9-8-21-19(26)16(22)11-18(25)23-10-7-20-17(24)13-23/h3-6,16H,2,7-13H2,1H3,(H,20,24)(H,21,26). The number of carbonyl (C=O) groups is 3. The Hall–Kier alpha value is -2.61. The summed E-state index contributed by atoms with van der Waals surface area (Å²) in [5.74, 6) is 0.354. The number of ether oxygens (including phenoxy) is 1. The maximum Gasteiger partial charge on any atom is 0.239 e. The van der Waals surface area contributed by atoms with Gasteiger partial charge in [0.1, 0.15) is 5.75 Å². The molecule has 0 bridgehead atoms.